The molecule has 0 saturated heterocycles. The summed E-state index contributed by atoms with van der Waals surface area (Å²) >= 11 is 3.32. The Bertz CT molecular complexity index is 359. The van der Waals surface area contributed by atoms with Crippen molar-refractivity contribution < 1.29 is 4.74 Å². The van der Waals surface area contributed by atoms with Crippen LogP contribution in [0.2, 0.25) is 0 Å². The summed E-state index contributed by atoms with van der Waals surface area (Å²) in [6.07, 6.45) is 9.51. The summed E-state index contributed by atoms with van der Waals surface area (Å²) in [6, 6.07) is 1.85. The van der Waals surface area contributed by atoms with E-state index in [-0.39, 0.29) is 0 Å². The van der Waals surface area contributed by atoms with Gasteiger partial charge in [0.25, 0.3) is 0 Å². The number of terminal acetylenes is 1. The van der Waals surface area contributed by atoms with Crippen LogP contribution in [0.3, 0.4) is 0 Å². The van der Waals surface area contributed by atoms with E-state index >= 15 is 0 Å². The van der Waals surface area contributed by atoms with E-state index in [0.717, 1.165) is 10.9 Å². The Morgan fingerprint density at radius 3 is 2.86 bits per heavy atom. The third kappa shape index (κ3) is 2.74. The van der Waals surface area contributed by atoms with Crippen molar-refractivity contribution in [3.8, 4) is 18.1 Å². The van der Waals surface area contributed by atoms with E-state index in [2.05, 4.69) is 26.8 Å². The molecule has 0 N–H and O–H groups in total. The first-order valence-corrected chi connectivity index (χ1v) is 5.16. The van der Waals surface area contributed by atoms with Crippen LogP contribution in [0.4, 0.5) is 0 Å². The summed E-state index contributed by atoms with van der Waals surface area (Å²) in [4.78, 5) is 4.00. The van der Waals surface area contributed by atoms with Crippen LogP contribution >= 0.6 is 15.9 Å². The molecule has 3 heteroatoms. The van der Waals surface area contributed by atoms with Gasteiger partial charge < -0.3 is 4.74 Å². The Labute approximate surface area is 92.8 Å². The molecule has 0 amide bonds. The minimum atomic E-state index is -0.553. The van der Waals surface area contributed by atoms with E-state index in [4.69, 9.17) is 11.2 Å². The average Bonchev–Trinajstić information content (AvgIpc) is 2.18. The molecule has 0 aliphatic rings. The van der Waals surface area contributed by atoms with Crippen LogP contribution in [-0.2, 0) is 0 Å². The summed E-state index contributed by atoms with van der Waals surface area (Å²) < 4.78 is 6.53. The number of hydrogen-bond donors (Lipinski definition) is 0. The van der Waals surface area contributed by atoms with E-state index in [1.165, 1.54) is 0 Å². The molecule has 2 nitrogen and oxygen atoms in total. The largest absolute Gasteiger partial charge is 0.473 e. The number of nitrogens with zero attached hydrogens (tertiary/aromatic N) is 1. The molecule has 0 aliphatic heterocycles. The van der Waals surface area contributed by atoms with E-state index < -0.39 is 5.60 Å². The summed E-state index contributed by atoms with van der Waals surface area (Å²) in [5.74, 6) is 3.31. The molecule has 74 valence electrons. The predicted molar refractivity (Wildman–Crippen MR) is 60.1 cm³/mol. The SMILES string of the molecule is C#CC(C)(CC)Oc1cncc(Br)c1. The van der Waals surface area contributed by atoms with Gasteiger partial charge in [-0.1, -0.05) is 12.8 Å². The van der Waals surface area contributed by atoms with Crippen LogP contribution in [0, 0.1) is 12.3 Å². The molecule has 0 aliphatic carbocycles. The molecular formula is C11H12BrNO. The predicted octanol–water partition coefficient (Wildman–Crippen LogP) is 3.02. The molecule has 14 heavy (non-hydrogen) atoms. The third-order valence-corrected chi connectivity index (χ3v) is 2.44. The molecule has 1 unspecified atom stereocenters. The molecule has 1 aromatic rings. The highest BCUT2D eigenvalue weighted by Gasteiger charge is 2.20. The van der Waals surface area contributed by atoms with Crippen molar-refractivity contribution in [3.63, 3.8) is 0 Å². The molecule has 0 saturated carbocycles. The molecular weight excluding hydrogens is 242 g/mol. The monoisotopic (exact) mass is 253 g/mol. The fraction of sp³-hybridized carbons (Fsp3) is 0.364. The van der Waals surface area contributed by atoms with Gasteiger partial charge in [0, 0.05) is 10.7 Å². The lowest BCUT2D eigenvalue weighted by Gasteiger charge is -2.23. The van der Waals surface area contributed by atoms with Gasteiger partial charge in [-0.25, -0.2) is 0 Å². The fourth-order valence-electron chi connectivity index (χ4n) is 0.912. The first-order chi connectivity index (χ1) is 6.59. The number of hydrogen-bond acceptors (Lipinski definition) is 2. The summed E-state index contributed by atoms with van der Waals surface area (Å²) in [5, 5.41) is 0. The maximum atomic E-state index is 5.65. The number of halogens is 1. The third-order valence-electron chi connectivity index (χ3n) is 2.00. The number of ether oxygens (including phenoxy) is 1. The normalized spacial score (nSPS) is 14.1. The van der Waals surface area contributed by atoms with Crippen LogP contribution < -0.4 is 4.74 Å². The van der Waals surface area contributed by atoms with Crippen LogP contribution in [0.5, 0.6) is 5.75 Å². The minimum absolute atomic E-state index is 0.553. The van der Waals surface area contributed by atoms with Gasteiger partial charge in [-0.3, -0.25) is 4.98 Å². The maximum Gasteiger partial charge on any atom is 0.165 e. The smallest absolute Gasteiger partial charge is 0.165 e. The maximum absolute atomic E-state index is 5.65. The Hall–Kier alpha value is -1.01. The topological polar surface area (TPSA) is 22.1 Å². The van der Waals surface area contributed by atoms with Gasteiger partial charge >= 0.3 is 0 Å². The first-order valence-electron chi connectivity index (χ1n) is 4.37. The Balaban J connectivity index is 2.84. The second kappa shape index (κ2) is 4.47. The minimum Gasteiger partial charge on any atom is -0.473 e. The standard InChI is InChI=1S/C11H12BrNO/c1-4-11(3,5-2)14-10-6-9(12)7-13-8-10/h1,6-8H,5H2,2-3H3. The Kier molecular flexibility index (Phi) is 3.54. The van der Waals surface area contributed by atoms with E-state index in [1.807, 2.05) is 19.9 Å². The van der Waals surface area contributed by atoms with Crippen LogP contribution in [0.15, 0.2) is 22.9 Å². The van der Waals surface area contributed by atoms with Crippen molar-refractivity contribution in [1.82, 2.24) is 4.98 Å². The van der Waals surface area contributed by atoms with Gasteiger partial charge in [0.15, 0.2) is 5.60 Å². The molecule has 0 radical (unpaired) electrons. The van der Waals surface area contributed by atoms with E-state index in [9.17, 15) is 0 Å². The van der Waals surface area contributed by atoms with E-state index in [0.29, 0.717) is 5.75 Å². The molecule has 0 bridgehead atoms. The van der Waals surface area contributed by atoms with E-state index in [1.54, 1.807) is 12.4 Å². The van der Waals surface area contributed by atoms with Gasteiger partial charge in [-0.15, -0.1) is 6.42 Å². The first kappa shape index (κ1) is 11.1. The molecule has 0 spiro atoms. The van der Waals surface area contributed by atoms with Crippen LogP contribution in [0.25, 0.3) is 0 Å². The van der Waals surface area contributed by atoms with Gasteiger partial charge in [0.2, 0.25) is 0 Å². The lowest BCUT2D eigenvalue weighted by molar-refractivity contribution is 0.146. The zero-order chi connectivity index (χ0) is 10.6. The molecule has 1 atom stereocenters. The number of aromatic nitrogens is 1. The van der Waals surface area contributed by atoms with Crippen molar-refractivity contribution in [2.45, 2.75) is 25.9 Å². The van der Waals surface area contributed by atoms with Crippen molar-refractivity contribution >= 4 is 15.9 Å². The highest BCUT2D eigenvalue weighted by Crippen LogP contribution is 2.22. The summed E-state index contributed by atoms with van der Waals surface area (Å²) in [6.45, 7) is 3.87. The average molecular weight is 254 g/mol. The second-order valence-corrected chi connectivity index (χ2v) is 4.09. The molecule has 1 rings (SSSR count). The van der Waals surface area contributed by atoms with Gasteiger partial charge in [-0.05, 0) is 35.3 Å². The molecule has 0 aromatic carbocycles. The number of pyridine rings is 1. The Morgan fingerprint density at radius 1 is 1.64 bits per heavy atom. The number of rotatable bonds is 3. The van der Waals surface area contributed by atoms with Crippen molar-refractivity contribution in [2.24, 2.45) is 0 Å². The van der Waals surface area contributed by atoms with Gasteiger partial charge in [0.05, 0.1) is 6.20 Å². The van der Waals surface area contributed by atoms with Crippen molar-refractivity contribution in [3.05, 3.63) is 22.9 Å². The van der Waals surface area contributed by atoms with Gasteiger partial charge in [-0.2, -0.15) is 0 Å². The zero-order valence-corrected chi connectivity index (χ0v) is 9.84. The molecule has 0 fully saturated rings. The molecule has 1 aromatic heterocycles. The Morgan fingerprint density at radius 2 is 2.36 bits per heavy atom. The lowest BCUT2D eigenvalue weighted by atomic mass is 10.1. The van der Waals surface area contributed by atoms with Crippen LogP contribution in [0.1, 0.15) is 20.3 Å². The summed E-state index contributed by atoms with van der Waals surface area (Å²) in [5.41, 5.74) is -0.553. The second-order valence-electron chi connectivity index (χ2n) is 3.17. The molecule has 1 heterocycles. The quantitative estimate of drug-likeness (QED) is 0.773. The highest BCUT2D eigenvalue weighted by molar-refractivity contribution is 9.10. The summed E-state index contributed by atoms with van der Waals surface area (Å²) in [7, 11) is 0. The van der Waals surface area contributed by atoms with Crippen molar-refractivity contribution in [2.75, 3.05) is 0 Å². The lowest BCUT2D eigenvalue weighted by Crippen LogP contribution is -2.29. The van der Waals surface area contributed by atoms with Gasteiger partial charge in [0.1, 0.15) is 5.75 Å². The van der Waals surface area contributed by atoms with Crippen LogP contribution in [-0.4, -0.2) is 10.6 Å². The van der Waals surface area contributed by atoms with Crippen molar-refractivity contribution in [1.29, 1.82) is 0 Å². The highest BCUT2D eigenvalue weighted by atomic mass is 79.9. The zero-order valence-electron chi connectivity index (χ0n) is 8.25. The fourth-order valence-corrected chi connectivity index (χ4v) is 1.26.